The van der Waals surface area contributed by atoms with Crippen LogP contribution in [0.1, 0.15) is 30.9 Å². The Labute approximate surface area is 86.3 Å². The van der Waals surface area contributed by atoms with Gasteiger partial charge in [0.2, 0.25) is 0 Å². The fraction of sp³-hybridized carbons (Fsp3) is 0.538. The molecular formula is C13H19N. The van der Waals surface area contributed by atoms with Crippen LogP contribution in [0.3, 0.4) is 0 Å². The first-order valence-corrected chi connectivity index (χ1v) is 5.43. The molecule has 1 aliphatic rings. The first kappa shape index (κ1) is 9.72. The largest absolute Gasteiger partial charge is 0.325 e. The second-order valence-electron chi connectivity index (χ2n) is 4.88. The summed E-state index contributed by atoms with van der Waals surface area (Å²) in [7, 11) is 0. The number of hydrogen-bond donors (Lipinski definition) is 1. The molecule has 0 aromatic heterocycles. The summed E-state index contributed by atoms with van der Waals surface area (Å²) in [4.78, 5) is 0. The summed E-state index contributed by atoms with van der Waals surface area (Å²) in [5, 5.41) is 0. The molecule has 1 nitrogen and oxygen atoms in total. The number of hydrogen-bond acceptors (Lipinski definition) is 1. The van der Waals surface area contributed by atoms with Crippen LogP contribution in [0.25, 0.3) is 0 Å². The van der Waals surface area contributed by atoms with Crippen molar-refractivity contribution in [2.75, 3.05) is 0 Å². The smallest absolute Gasteiger partial charge is 0.0195 e. The molecular weight excluding hydrogens is 170 g/mol. The van der Waals surface area contributed by atoms with Crippen molar-refractivity contribution in [1.29, 1.82) is 0 Å². The normalized spacial score (nSPS) is 20.5. The Morgan fingerprint density at radius 3 is 2.57 bits per heavy atom. The second kappa shape index (κ2) is 3.39. The Balaban J connectivity index is 2.13. The van der Waals surface area contributed by atoms with Crippen LogP contribution < -0.4 is 5.73 Å². The minimum absolute atomic E-state index is 0.00606. The highest BCUT2D eigenvalue weighted by molar-refractivity contribution is 5.27. The van der Waals surface area contributed by atoms with E-state index >= 15 is 0 Å². The summed E-state index contributed by atoms with van der Waals surface area (Å²) in [6, 6.07) is 8.55. The van der Waals surface area contributed by atoms with E-state index in [2.05, 4.69) is 38.1 Å². The Morgan fingerprint density at radius 1 is 1.36 bits per heavy atom. The van der Waals surface area contributed by atoms with E-state index in [9.17, 15) is 0 Å². The van der Waals surface area contributed by atoms with Crippen LogP contribution in [0.4, 0.5) is 0 Å². The lowest BCUT2D eigenvalue weighted by Gasteiger charge is -2.25. The molecule has 0 saturated heterocycles. The molecule has 1 saturated carbocycles. The molecule has 0 heterocycles. The molecule has 1 aromatic carbocycles. The van der Waals surface area contributed by atoms with Gasteiger partial charge in [0.15, 0.2) is 0 Å². The molecule has 1 aromatic rings. The zero-order valence-corrected chi connectivity index (χ0v) is 9.09. The summed E-state index contributed by atoms with van der Waals surface area (Å²) in [6.45, 7) is 4.36. The van der Waals surface area contributed by atoms with Gasteiger partial charge in [-0.15, -0.1) is 0 Å². The molecule has 2 rings (SSSR count). The van der Waals surface area contributed by atoms with Crippen LogP contribution in [0.5, 0.6) is 0 Å². The average Bonchev–Trinajstić information content (AvgIpc) is 2.91. The molecule has 1 unspecified atom stereocenters. The summed E-state index contributed by atoms with van der Waals surface area (Å²) >= 11 is 0. The quantitative estimate of drug-likeness (QED) is 0.777. The van der Waals surface area contributed by atoms with E-state index in [-0.39, 0.29) is 5.54 Å². The Hall–Kier alpha value is -0.820. The Morgan fingerprint density at radius 2 is 2.00 bits per heavy atom. The minimum Gasteiger partial charge on any atom is -0.325 e. The monoisotopic (exact) mass is 189 g/mol. The van der Waals surface area contributed by atoms with Crippen LogP contribution in [0, 0.1) is 12.8 Å². The van der Waals surface area contributed by atoms with Gasteiger partial charge in [-0.1, -0.05) is 24.3 Å². The Bertz CT molecular complexity index is 324. The van der Waals surface area contributed by atoms with Gasteiger partial charge in [0.1, 0.15) is 0 Å². The number of benzene rings is 1. The lowest BCUT2D eigenvalue weighted by atomic mass is 9.87. The van der Waals surface area contributed by atoms with Crippen molar-refractivity contribution in [3.63, 3.8) is 0 Å². The maximum atomic E-state index is 6.32. The molecule has 76 valence electrons. The third kappa shape index (κ3) is 1.98. The van der Waals surface area contributed by atoms with Gasteiger partial charge in [-0.2, -0.15) is 0 Å². The summed E-state index contributed by atoms with van der Waals surface area (Å²) in [5.74, 6) is 0.752. The summed E-state index contributed by atoms with van der Waals surface area (Å²) < 4.78 is 0. The molecule has 1 aliphatic carbocycles. The van der Waals surface area contributed by atoms with Crippen LogP contribution >= 0.6 is 0 Å². The zero-order valence-electron chi connectivity index (χ0n) is 9.09. The predicted molar refractivity (Wildman–Crippen MR) is 60.2 cm³/mol. The van der Waals surface area contributed by atoms with Crippen molar-refractivity contribution in [3.8, 4) is 0 Å². The lowest BCUT2D eigenvalue weighted by molar-refractivity contribution is 0.405. The molecule has 0 radical (unpaired) electrons. The van der Waals surface area contributed by atoms with Crippen LogP contribution in [0.15, 0.2) is 24.3 Å². The Kier molecular flexibility index (Phi) is 2.36. The molecule has 0 bridgehead atoms. The summed E-state index contributed by atoms with van der Waals surface area (Å²) in [5.41, 5.74) is 9.10. The van der Waals surface area contributed by atoms with Crippen molar-refractivity contribution in [2.24, 2.45) is 11.7 Å². The molecule has 0 aliphatic heterocycles. The van der Waals surface area contributed by atoms with E-state index in [0.29, 0.717) is 0 Å². The van der Waals surface area contributed by atoms with Crippen LogP contribution in [-0.2, 0) is 6.42 Å². The third-order valence-corrected chi connectivity index (χ3v) is 3.34. The molecule has 1 fully saturated rings. The zero-order chi connectivity index (χ0) is 10.2. The SMILES string of the molecule is Cc1ccccc1CC(C)(N)C1CC1. The standard InChI is InChI=1S/C13H19N/c1-10-5-3-4-6-11(10)9-13(2,14)12-7-8-12/h3-6,12H,7-9,14H2,1-2H3. The fourth-order valence-electron chi connectivity index (χ4n) is 2.11. The third-order valence-electron chi connectivity index (χ3n) is 3.34. The van der Waals surface area contributed by atoms with Gasteiger partial charge in [0, 0.05) is 5.54 Å². The van der Waals surface area contributed by atoms with E-state index < -0.39 is 0 Å². The van der Waals surface area contributed by atoms with Crippen molar-refractivity contribution in [1.82, 2.24) is 0 Å². The number of aryl methyl sites for hydroxylation is 1. The molecule has 1 atom stereocenters. The van der Waals surface area contributed by atoms with Gasteiger partial charge in [-0.25, -0.2) is 0 Å². The lowest BCUT2D eigenvalue weighted by Crippen LogP contribution is -2.41. The van der Waals surface area contributed by atoms with Gasteiger partial charge >= 0.3 is 0 Å². The summed E-state index contributed by atoms with van der Waals surface area (Å²) in [6.07, 6.45) is 3.65. The minimum atomic E-state index is 0.00606. The first-order valence-electron chi connectivity index (χ1n) is 5.43. The van der Waals surface area contributed by atoms with Gasteiger partial charge in [-0.3, -0.25) is 0 Å². The van der Waals surface area contributed by atoms with E-state index in [0.717, 1.165) is 12.3 Å². The molecule has 2 N–H and O–H groups in total. The van der Waals surface area contributed by atoms with Crippen molar-refractivity contribution in [3.05, 3.63) is 35.4 Å². The van der Waals surface area contributed by atoms with Gasteiger partial charge in [0.25, 0.3) is 0 Å². The van der Waals surface area contributed by atoms with Crippen molar-refractivity contribution in [2.45, 2.75) is 38.6 Å². The predicted octanol–water partition coefficient (Wildman–Crippen LogP) is 2.66. The van der Waals surface area contributed by atoms with Crippen LogP contribution in [0.2, 0.25) is 0 Å². The van der Waals surface area contributed by atoms with Crippen molar-refractivity contribution >= 4 is 0 Å². The van der Waals surface area contributed by atoms with E-state index in [1.54, 1.807) is 0 Å². The molecule has 0 spiro atoms. The van der Waals surface area contributed by atoms with Crippen LogP contribution in [-0.4, -0.2) is 5.54 Å². The highest BCUT2D eigenvalue weighted by atomic mass is 14.8. The topological polar surface area (TPSA) is 26.0 Å². The van der Waals surface area contributed by atoms with E-state index in [4.69, 9.17) is 5.73 Å². The van der Waals surface area contributed by atoms with Crippen molar-refractivity contribution < 1.29 is 0 Å². The second-order valence-corrected chi connectivity index (χ2v) is 4.88. The maximum Gasteiger partial charge on any atom is 0.0195 e. The maximum absolute atomic E-state index is 6.32. The van der Waals surface area contributed by atoms with Gasteiger partial charge < -0.3 is 5.73 Å². The molecule has 1 heteroatoms. The number of rotatable bonds is 3. The fourth-order valence-corrected chi connectivity index (χ4v) is 2.11. The average molecular weight is 189 g/mol. The molecule has 14 heavy (non-hydrogen) atoms. The number of nitrogens with two attached hydrogens (primary N) is 1. The first-order chi connectivity index (χ1) is 6.59. The van der Waals surface area contributed by atoms with Gasteiger partial charge in [0.05, 0.1) is 0 Å². The highest BCUT2D eigenvalue weighted by Crippen LogP contribution is 2.39. The van der Waals surface area contributed by atoms with E-state index in [1.165, 1.54) is 24.0 Å². The highest BCUT2D eigenvalue weighted by Gasteiger charge is 2.38. The van der Waals surface area contributed by atoms with E-state index in [1.807, 2.05) is 0 Å². The van der Waals surface area contributed by atoms with Gasteiger partial charge in [-0.05, 0) is 50.2 Å². The molecule has 0 amide bonds.